The third-order valence-corrected chi connectivity index (χ3v) is 6.81. The van der Waals surface area contributed by atoms with Crippen LogP contribution in [0.3, 0.4) is 0 Å². The summed E-state index contributed by atoms with van der Waals surface area (Å²) in [5.74, 6) is 0.607. The zero-order valence-electron chi connectivity index (χ0n) is 16.6. The summed E-state index contributed by atoms with van der Waals surface area (Å²) in [6.45, 7) is 1.20. The Balaban J connectivity index is 1.22. The smallest absolute Gasteiger partial charge is 0.227 e. The fourth-order valence-electron chi connectivity index (χ4n) is 3.50. The molecule has 1 fully saturated rings. The van der Waals surface area contributed by atoms with Gasteiger partial charge in [-0.25, -0.2) is 9.97 Å². The lowest BCUT2D eigenvalue weighted by atomic mass is 10.1. The number of carbonyl (C=O) groups is 1. The second-order valence-electron chi connectivity index (χ2n) is 7.09. The summed E-state index contributed by atoms with van der Waals surface area (Å²) in [5.41, 5.74) is 2.20. The molecule has 1 amide bonds. The van der Waals surface area contributed by atoms with Crippen LogP contribution in [0.1, 0.15) is 30.4 Å². The van der Waals surface area contributed by atoms with Crippen molar-refractivity contribution in [2.45, 2.75) is 25.4 Å². The molecule has 0 saturated carbocycles. The van der Waals surface area contributed by atoms with E-state index in [0.717, 1.165) is 51.6 Å². The van der Waals surface area contributed by atoms with Crippen LogP contribution in [0.5, 0.6) is 0 Å². The summed E-state index contributed by atoms with van der Waals surface area (Å²) < 4.78 is 5.62. The molecular weight excluding hydrogens is 432 g/mol. The van der Waals surface area contributed by atoms with Gasteiger partial charge in [-0.15, -0.1) is 21.5 Å². The van der Waals surface area contributed by atoms with Crippen LogP contribution in [0.2, 0.25) is 0 Å². The number of thiophene rings is 1. The Bertz CT molecular complexity index is 1190. The minimum Gasteiger partial charge on any atom is -0.371 e. The standard InChI is InChI=1S/C21H20N6O2S2/c28-16(25-21-27-26-19(31-21)15-7-4-10-29-15)8-9-22-18-17-14(13-5-2-1-3-6-13)11-30-20(17)24-12-23-18/h1-3,5-6,11-12,15H,4,7-10H2,(H,22,23,24)(H,25,27,28). The monoisotopic (exact) mass is 452 g/mol. The third kappa shape index (κ3) is 4.41. The molecule has 3 aromatic heterocycles. The van der Waals surface area contributed by atoms with Crippen molar-refractivity contribution in [3.8, 4) is 11.1 Å². The van der Waals surface area contributed by atoms with E-state index in [4.69, 9.17) is 4.74 Å². The molecule has 31 heavy (non-hydrogen) atoms. The van der Waals surface area contributed by atoms with E-state index in [2.05, 4.69) is 48.3 Å². The molecule has 1 aliphatic heterocycles. The molecule has 8 nitrogen and oxygen atoms in total. The van der Waals surface area contributed by atoms with Crippen LogP contribution in [-0.4, -0.2) is 39.2 Å². The fourth-order valence-corrected chi connectivity index (χ4v) is 5.26. The van der Waals surface area contributed by atoms with Gasteiger partial charge in [-0.3, -0.25) is 4.79 Å². The number of hydrogen-bond donors (Lipinski definition) is 2. The highest BCUT2D eigenvalue weighted by Gasteiger charge is 2.22. The number of fused-ring (bicyclic) bond motifs is 1. The van der Waals surface area contributed by atoms with Gasteiger partial charge in [0.05, 0.1) is 5.39 Å². The zero-order chi connectivity index (χ0) is 21.0. The Morgan fingerprint density at radius 3 is 2.94 bits per heavy atom. The molecule has 4 aromatic rings. The summed E-state index contributed by atoms with van der Waals surface area (Å²) in [6, 6.07) is 10.2. The molecular formula is C21H20N6O2S2. The second kappa shape index (κ2) is 9.04. The van der Waals surface area contributed by atoms with E-state index < -0.39 is 0 Å². The van der Waals surface area contributed by atoms with Crippen molar-refractivity contribution < 1.29 is 9.53 Å². The average Bonchev–Trinajstić information content (AvgIpc) is 3.55. The van der Waals surface area contributed by atoms with Gasteiger partial charge in [-0.1, -0.05) is 41.7 Å². The quantitative estimate of drug-likeness (QED) is 0.426. The lowest BCUT2D eigenvalue weighted by Gasteiger charge is -2.08. The van der Waals surface area contributed by atoms with E-state index in [1.807, 2.05) is 18.2 Å². The van der Waals surface area contributed by atoms with E-state index in [-0.39, 0.29) is 18.4 Å². The number of nitrogens with one attached hydrogen (secondary N) is 2. The highest BCUT2D eigenvalue weighted by Crippen LogP contribution is 2.36. The molecule has 0 bridgehead atoms. The molecule has 1 saturated heterocycles. The molecule has 1 aliphatic rings. The Labute approximate surface area is 186 Å². The number of hydrogen-bond acceptors (Lipinski definition) is 9. The van der Waals surface area contributed by atoms with Gasteiger partial charge in [0, 0.05) is 30.5 Å². The predicted octanol–water partition coefficient (Wildman–Crippen LogP) is 4.50. The molecule has 158 valence electrons. The minimum absolute atomic E-state index is 0.00872. The van der Waals surface area contributed by atoms with Crippen molar-refractivity contribution in [2.75, 3.05) is 23.8 Å². The summed E-state index contributed by atoms with van der Waals surface area (Å²) in [5, 5.41) is 18.7. The molecule has 0 aliphatic carbocycles. The molecule has 1 atom stereocenters. The van der Waals surface area contributed by atoms with Gasteiger partial charge >= 0.3 is 0 Å². The topological polar surface area (TPSA) is 102 Å². The van der Waals surface area contributed by atoms with E-state index in [1.165, 1.54) is 11.3 Å². The first kappa shape index (κ1) is 20.0. The first-order valence-corrected chi connectivity index (χ1v) is 11.7. The highest BCUT2D eigenvalue weighted by molar-refractivity contribution is 7.17. The maximum absolute atomic E-state index is 12.4. The van der Waals surface area contributed by atoms with Gasteiger partial charge in [0.2, 0.25) is 11.0 Å². The predicted molar refractivity (Wildman–Crippen MR) is 122 cm³/mol. The van der Waals surface area contributed by atoms with Crippen LogP contribution < -0.4 is 10.6 Å². The van der Waals surface area contributed by atoms with Gasteiger partial charge < -0.3 is 15.4 Å². The van der Waals surface area contributed by atoms with Crippen molar-refractivity contribution in [2.24, 2.45) is 0 Å². The lowest BCUT2D eigenvalue weighted by Crippen LogP contribution is -2.16. The van der Waals surface area contributed by atoms with Crippen molar-refractivity contribution in [3.05, 3.63) is 47.0 Å². The molecule has 0 spiro atoms. The van der Waals surface area contributed by atoms with Gasteiger partial charge in [0.1, 0.15) is 28.1 Å². The molecule has 10 heteroatoms. The summed E-state index contributed by atoms with van der Waals surface area (Å²) in [6.07, 6.45) is 3.82. The Hall–Kier alpha value is -2.95. The summed E-state index contributed by atoms with van der Waals surface area (Å²) in [7, 11) is 0. The van der Waals surface area contributed by atoms with Gasteiger partial charge in [0.15, 0.2) is 0 Å². The van der Waals surface area contributed by atoms with Crippen LogP contribution in [0.25, 0.3) is 21.3 Å². The maximum Gasteiger partial charge on any atom is 0.227 e. The number of anilines is 2. The first-order valence-electron chi connectivity index (χ1n) is 10.0. The highest BCUT2D eigenvalue weighted by atomic mass is 32.1. The van der Waals surface area contributed by atoms with Gasteiger partial charge in [0.25, 0.3) is 0 Å². The minimum atomic E-state index is -0.124. The number of aromatic nitrogens is 4. The van der Waals surface area contributed by atoms with Crippen molar-refractivity contribution in [3.63, 3.8) is 0 Å². The molecule has 1 aromatic carbocycles. The Morgan fingerprint density at radius 2 is 2.10 bits per heavy atom. The normalized spacial score (nSPS) is 15.9. The number of ether oxygens (including phenoxy) is 1. The SMILES string of the molecule is O=C(CCNc1ncnc2scc(-c3ccccc3)c12)Nc1nnc(C2CCCO2)s1. The van der Waals surface area contributed by atoms with Crippen LogP contribution in [0.15, 0.2) is 42.0 Å². The summed E-state index contributed by atoms with van der Waals surface area (Å²) >= 11 is 2.95. The lowest BCUT2D eigenvalue weighted by molar-refractivity contribution is -0.115. The summed E-state index contributed by atoms with van der Waals surface area (Å²) in [4.78, 5) is 22.1. The largest absolute Gasteiger partial charge is 0.371 e. The van der Waals surface area contributed by atoms with Gasteiger partial charge in [-0.05, 0) is 18.4 Å². The number of rotatable bonds is 7. The van der Waals surface area contributed by atoms with E-state index >= 15 is 0 Å². The Kier molecular flexibility index (Phi) is 5.83. The van der Waals surface area contributed by atoms with Crippen molar-refractivity contribution >= 4 is 49.7 Å². The van der Waals surface area contributed by atoms with Crippen LogP contribution in [-0.2, 0) is 9.53 Å². The van der Waals surface area contributed by atoms with E-state index in [9.17, 15) is 4.79 Å². The first-order chi connectivity index (χ1) is 15.3. The van der Waals surface area contributed by atoms with Crippen molar-refractivity contribution in [1.29, 1.82) is 0 Å². The van der Waals surface area contributed by atoms with E-state index in [1.54, 1.807) is 17.7 Å². The van der Waals surface area contributed by atoms with E-state index in [0.29, 0.717) is 11.7 Å². The molecule has 2 N–H and O–H groups in total. The average molecular weight is 453 g/mol. The number of carbonyl (C=O) groups excluding carboxylic acids is 1. The number of nitrogens with zero attached hydrogens (tertiary/aromatic N) is 4. The maximum atomic E-state index is 12.4. The fraction of sp³-hybridized carbons (Fsp3) is 0.286. The molecule has 5 rings (SSSR count). The Morgan fingerprint density at radius 1 is 1.19 bits per heavy atom. The number of benzene rings is 1. The van der Waals surface area contributed by atoms with Crippen LogP contribution >= 0.6 is 22.7 Å². The third-order valence-electron chi connectivity index (χ3n) is 4.99. The zero-order valence-corrected chi connectivity index (χ0v) is 18.2. The molecule has 4 heterocycles. The van der Waals surface area contributed by atoms with Crippen molar-refractivity contribution in [1.82, 2.24) is 20.2 Å². The second-order valence-corrected chi connectivity index (χ2v) is 8.96. The van der Waals surface area contributed by atoms with Gasteiger partial charge in [-0.2, -0.15) is 0 Å². The van der Waals surface area contributed by atoms with Crippen LogP contribution in [0.4, 0.5) is 10.9 Å². The number of amides is 1. The molecule has 0 radical (unpaired) electrons. The molecule has 1 unspecified atom stereocenters. The van der Waals surface area contributed by atoms with Crippen LogP contribution in [0, 0.1) is 0 Å².